The Balaban J connectivity index is 1.88. The molecular formula is C16H24N2O. The summed E-state index contributed by atoms with van der Waals surface area (Å²) in [5.74, 6) is 0.820. The number of likely N-dealkylation sites (tertiary alicyclic amines) is 1. The Morgan fingerprint density at radius 1 is 1.32 bits per heavy atom. The number of hydrogen-bond donors (Lipinski definition) is 1. The van der Waals surface area contributed by atoms with Gasteiger partial charge >= 0.3 is 0 Å². The second-order valence-electron chi connectivity index (χ2n) is 5.55. The van der Waals surface area contributed by atoms with Crippen molar-refractivity contribution in [3.8, 4) is 0 Å². The molecular weight excluding hydrogens is 236 g/mol. The lowest BCUT2D eigenvalue weighted by atomic mass is 9.97. The van der Waals surface area contributed by atoms with E-state index in [9.17, 15) is 4.79 Å². The quantitative estimate of drug-likeness (QED) is 0.881. The van der Waals surface area contributed by atoms with E-state index in [0.717, 1.165) is 32.6 Å². The average Bonchev–Trinajstić information content (AvgIpc) is 2.78. The van der Waals surface area contributed by atoms with Crippen LogP contribution in [0.3, 0.4) is 0 Å². The largest absolute Gasteiger partial charge is 0.356 e. The van der Waals surface area contributed by atoms with Crippen LogP contribution in [-0.4, -0.2) is 30.4 Å². The average molecular weight is 260 g/mol. The molecule has 0 aromatic heterocycles. The number of nitrogens with zero attached hydrogens (tertiary/aromatic N) is 1. The lowest BCUT2D eigenvalue weighted by Crippen LogP contribution is -2.35. The highest BCUT2D eigenvalue weighted by Gasteiger charge is 2.34. The topological polar surface area (TPSA) is 32.3 Å². The van der Waals surface area contributed by atoms with E-state index in [1.54, 1.807) is 0 Å². The van der Waals surface area contributed by atoms with E-state index in [1.165, 1.54) is 5.56 Å². The fourth-order valence-corrected chi connectivity index (χ4v) is 2.76. The Bertz CT molecular complexity index is 404. The Morgan fingerprint density at radius 3 is 2.74 bits per heavy atom. The molecule has 1 aromatic carbocycles. The van der Waals surface area contributed by atoms with Crippen LogP contribution < -0.4 is 5.32 Å². The third-order valence-corrected chi connectivity index (χ3v) is 3.82. The number of amides is 1. The van der Waals surface area contributed by atoms with Crippen molar-refractivity contribution in [2.45, 2.75) is 26.8 Å². The molecule has 1 aliphatic rings. The summed E-state index contributed by atoms with van der Waals surface area (Å²) in [5.41, 5.74) is 1.32. The zero-order chi connectivity index (χ0) is 13.7. The van der Waals surface area contributed by atoms with Crippen LogP contribution in [0.4, 0.5) is 0 Å². The molecule has 104 valence electrons. The van der Waals surface area contributed by atoms with Crippen LogP contribution in [0.5, 0.6) is 0 Å². The van der Waals surface area contributed by atoms with Gasteiger partial charge in [-0.25, -0.2) is 0 Å². The molecule has 0 radical (unpaired) electrons. The van der Waals surface area contributed by atoms with Gasteiger partial charge in [-0.1, -0.05) is 44.2 Å². The summed E-state index contributed by atoms with van der Waals surface area (Å²) in [6.45, 7) is 7.90. The number of carbonyl (C=O) groups is 1. The zero-order valence-corrected chi connectivity index (χ0v) is 11.9. The lowest BCUT2D eigenvalue weighted by Gasteiger charge is -2.16. The van der Waals surface area contributed by atoms with Crippen molar-refractivity contribution < 1.29 is 4.79 Å². The zero-order valence-electron chi connectivity index (χ0n) is 11.9. The molecule has 2 rings (SSSR count). The number of hydrogen-bond acceptors (Lipinski definition) is 2. The smallest absolute Gasteiger partial charge is 0.224 e. The molecule has 0 aliphatic carbocycles. The predicted molar refractivity (Wildman–Crippen MR) is 77.7 cm³/mol. The van der Waals surface area contributed by atoms with Gasteiger partial charge in [-0.2, -0.15) is 0 Å². The predicted octanol–water partition coefficient (Wildman–Crippen LogP) is 2.28. The molecule has 1 amide bonds. The van der Waals surface area contributed by atoms with E-state index in [0.29, 0.717) is 5.92 Å². The third kappa shape index (κ3) is 3.80. The monoisotopic (exact) mass is 260 g/mol. The second kappa shape index (κ2) is 6.71. The first-order valence-corrected chi connectivity index (χ1v) is 7.24. The van der Waals surface area contributed by atoms with Crippen LogP contribution in [-0.2, 0) is 11.3 Å². The standard InChI is InChI=1S/C16H24N2O/c1-3-9-17-16(19)15-12-18(10-13(15)2)11-14-7-5-4-6-8-14/h4-8,13,15H,3,9-12H2,1-2H3,(H,17,19). The van der Waals surface area contributed by atoms with Crippen molar-refractivity contribution in [1.82, 2.24) is 10.2 Å². The van der Waals surface area contributed by atoms with Gasteiger partial charge in [-0.3, -0.25) is 9.69 Å². The lowest BCUT2D eigenvalue weighted by molar-refractivity contribution is -0.125. The van der Waals surface area contributed by atoms with E-state index in [-0.39, 0.29) is 11.8 Å². The molecule has 3 heteroatoms. The molecule has 1 aliphatic heterocycles. The van der Waals surface area contributed by atoms with Crippen molar-refractivity contribution in [1.29, 1.82) is 0 Å². The van der Waals surface area contributed by atoms with Crippen molar-refractivity contribution in [3.05, 3.63) is 35.9 Å². The molecule has 1 aromatic rings. The molecule has 1 N–H and O–H groups in total. The van der Waals surface area contributed by atoms with Gasteiger partial charge in [0, 0.05) is 26.2 Å². The molecule has 19 heavy (non-hydrogen) atoms. The van der Waals surface area contributed by atoms with Gasteiger partial charge < -0.3 is 5.32 Å². The summed E-state index contributed by atoms with van der Waals surface area (Å²) in [6, 6.07) is 10.5. The summed E-state index contributed by atoms with van der Waals surface area (Å²) in [4.78, 5) is 14.5. The first-order valence-electron chi connectivity index (χ1n) is 7.24. The van der Waals surface area contributed by atoms with Crippen LogP contribution in [0.2, 0.25) is 0 Å². The number of carbonyl (C=O) groups excluding carboxylic acids is 1. The minimum Gasteiger partial charge on any atom is -0.356 e. The van der Waals surface area contributed by atoms with Gasteiger partial charge in [-0.15, -0.1) is 0 Å². The first-order chi connectivity index (χ1) is 9.20. The number of rotatable bonds is 5. The Hall–Kier alpha value is -1.35. The van der Waals surface area contributed by atoms with Crippen LogP contribution >= 0.6 is 0 Å². The van der Waals surface area contributed by atoms with Crippen molar-refractivity contribution in [2.24, 2.45) is 11.8 Å². The maximum Gasteiger partial charge on any atom is 0.224 e. The highest BCUT2D eigenvalue weighted by atomic mass is 16.1. The van der Waals surface area contributed by atoms with E-state index < -0.39 is 0 Å². The maximum atomic E-state index is 12.1. The first kappa shape index (κ1) is 14.1. The normalized spacial score (nSPS) is 23.5. The molecule has 0 saturated carbocycles. The molecule has 0 spiro atoms. The minimum absolute atomic E-state index is 0.148. The summed E-state index contributed by atoms with van der Waals surface area (Å²) < 4.78 is 0. The summed E-state index contributed by atoms with van der Waals surface area (Å²) in [5, 5.41) is 3.02. The van der Waals surface area contributed by atoms with Gasteiger partial charge in [-0.05, 0) is 17.9 Å². The van der Waals surface area contributed by atoms with Gasteiger partial charge in [0.1, 0.15) is 0 Å². The SMILES string of the molecule is CCCNC(=O)C1CN(Cc2ccccc2)CC1C. The van der Waals surface area contributed by atoms with Crippen molar-refractivity contribution in [3.63, 3.8) is 0 Å². The van der Waals surface area contributed by atoms with Gasteiger partial charge in [0.25, 0.3) is 0 Å². The summed E-state index contributed by atoms with van der Waals surface area (Å²) in [7, 11) is 0. The highest BCUT2D eigenvalue weighted by molar-refractivity contribution is 5.79. The number of benzene rings is 1. The molecule has 1 heterocycles. The van der Waals surface area contributed by atoms with Gasteiger partial charge in [0.2, 0.25) is 5.91 Å². The third-order valence-electron chi connectivity index (χ3n) is 3.82. The van der Waals surface area contributed by atoms with Crippen LogP contribution in [0.1, 0.15) is 25.8 Å². The molecule has 2 unspecified atom stereocenters. The van der Waals surface area contributed by atoms with Crippen molar-refractivity contribution >= 4 is 5.91 Å². The highest BCUT2D eigenvalue weighted by Crippen LogP contribution is 2.24. The van der Waals surface area contributed by atoms with E-state index in [1.807, 2.05) is 6.07 Å². The van der Waals surface area contributed by atoms with Gasteiger partial charge in [0.15, 0.2) is 0 Å². The molecule has 1 saturated heterocycles. The Morgan fingerprint density at radius 2 is 2.05 bits per heavy atom. The van der Waals surface area contributed by atoms with Gasteiger partial charge in [0.05, 0.1) is 5.92 Å². The molecule has 3 nitrogen and oxygen atoms in total. The molecule has 2 atom stereocenters. The second-order valence-corrected chi connectivity index (χ2v) is 5.55. The van der Waals surface area contributed by atoms with Crippen LogP contribution in [0.15, 0.2) is 30.3 Å². The molecule has 1 fully saturated rings. The Kier molecular flexibility index (Phi) is 4.97. The molecule has 0 bridgehead atoms. The number of nitrogens with one attached hydrogen (secondary N) is 1. The van der Waals surface area contributed by atoms with E-state index >= 15 is 0 Å². The van der Waals surface area contributed by atoms with Crippen LogP contribution in [0.25, 0.3) is 0 Å². The Labute approximate surface area is 116 Å². The minimum atomic E-state index is 0.148. The fourth-order valence-electron chi connectivity index (χ4n) is 2.76. The summed E-state index contributed by atoms with van der Waals surface area (Å²) >= 11 is 0. The maximum absolute atomic E-state index is 12.1. The van der Waals surface area contributed by atoms with Crippen molar-refractivity contribution in [2.75, 3.05) is 19.6 Å². The van der Waals surface area contributed by atoms with E-state index in [4.69, 9.17) is 0 Å². The summed E-state index contributed by atoms with van der Waals surface area (Å²) in [6.07, 6.45) is 1.00. The van der Waals surface area contributed by atoms with Crippen LogP contribution in [0, 0.1) is 11.8 Å². The fraction of sp³-hybridized carbons (Fsp3) is 0.562. The van der Waals surface area contributed by atoms with E-state index in [2.05, 4.69) is 48.3 Å².